The zero-order valence-corrected chi connectivity index (χ0v) is 33.1. The lowest BCUT2D eigenvalue weighted by atomic mass is 10.0. The molecule has 2 atom stereocenters. The maximum Gasteiger partial charge on any atom is 0.276 e. The molecule has 3 aliphatic rings. The minimum atomic E-state index is -1.02. The number of likely N-dealkylation sites (tertiary alicyclic amines) is 1. The van der Waals surface area contributed by atoms with Gasteiger partial charge in [-0.2, -0.15) is 5.10 Å². The highest BCUT2D eigenvalue weighted by molar-refractivity contribution is 6.25. The van der Waals surface area contributed by atoms with Crippen LogP contribution >= 0.6 is 0 Å². The Morgan fingerprint density at radius 1 is 0.902 bits per heavy atom. The van der Waals surface area contributed by atoms with Crippen molar-refractivity contribution in [2.75, 3.05) is 30.7 Å². The van der Waals surface area contributed by atoms with Crippen LogP contribution in [0, 0.1) is 0 Å². The van der Waals surface area contributed by atoms with Crippen LogP contribution in [0.5, 0.6) is 11.5 Å². The maximum absolute atomic E-state index is 13.7. The van der Waals surface area contributed by atoms with Gasteiger partial charge in [-0.05, 0) is 87.1 Å². The molecule has 18 heteroatoms. The van der Waals surface area contributed by atoms with Crippen molar-refractivity contribution in [3.63, 3.8) is 0 Å². The van der Waals surface area contributed by atoms with E-state index in [2.05, 4.69) is 30.9 Å². The molecule has 6 heterocycles. The molecule has 61 heavy (non-hydrogen) atoms. The van der Waals surface area contributed by atoms with Gasteiger partial charge < -0.3 is 20.7 Å². The summed E-state index contributed by atoms with van der Waals surface area (Å²) < 4.78 is 9.51. The summed E-state index contributed by atoms with van der Waals surface area (Å²) in [7, 11) is 0. The average Bonchev–Trinajstić information content (AvgIpc) is 3.98. The van der Waals surface area contributed by atoms with E-state index in [0.29, 0.717) is 60.2 Å². The van der Waals surface area contributed by atoms with Gasteiger partial charge in [0.2, 0.25) is 11.8 Å². The number of nitrogens with two attached hydrogens (primary N) is 1. The van der Waals surface area contributed by atoms with Crippen molar-refractivity contribution in [2.45, 2.75) is 63.6 Å². The number of anilines is 2. The van der Waals surface area contributed by atoms with Gasteiger partial charge in [0.25, 0.3) is 17.7 Å². The van der Waals surface area contributed by atoms with Crippen molar-refractivity contribution in [1.29, 1.82) is 0 Å². The van der Waals surface area contributed by atoms with Crippen LogP contribution in [0.3, 0.4) is 0 Å². The van der Waals surface area contributed by atoms with Crippen LogP contribution in [0.4, 0.5) is 11.5 Å². The standard InChI is InChI=1S/C43H42N12O6/c44-38-36-37(26-14-16-29(17-15-26)61-28-10-3-1-4-11-28)50-55(39(36)47-25-46-38)27-9-8-21-52(23-27)42(59)32-24-53(51-49-32)22-6-2-5-20-45-31-13-7-12-30-35(31)43(60)54(41(30)58)33-18-19-34(56)48-40(33)57/h1,3-4,7,10-17,24-25,27,33,45H,2,5-6,8-9,18-23H2,(H2,44,46,47)(H,48,56,57). The molecular formula is C43H42N12O6. The van der Waals surface area contributed by atoms with Gasteiger partial charge in [-0.15, -0.1) is 5.10 Å². The Hall–Kier alpha value is -7.50. The quantitative estimate of drug-likeness (QED) is 0.107. The summed E-state index contributed by atoms with van der Waals surface area (Å²) in [6, 6.07) is 21.0. The molecular weight excluding hydrogens is 781 g/mol. The monoisotopic (exact) mass is 822 g/mol. The molecule has 0 aliphatic carbocycles. The normalized spacial score (nSPS) is 17.8. The number of carbonyl (C=O) groups is 5. The summed E-state index contributed by atoms with van der Waals surface area (Å²) in [5.74, 6) is -0.624. The molecule has 2 saturated heterocycles. The number of ether oxygens (including phenoxy) is 1. The van der Waals surface area contributed by atoms with Gasteiger partial charge in [-0.25, -0.2) is 14.6 Å². The number of aromatic nitrogens is 7. The summed E-state index contributed by atoms with van der Waals surface area (Å²) in [4.78, 5) is 75.9. The van der Waals surface area contributed by atoms with E-state index in [1.807, 2.05) is 59.3 Å². The van der Waals surface area contributed by atoms with E-state index in [1.165, 1.54) is 6.33 Å². The number of carbonyl (C=O) groups excluding carboxylic acids is 5. The van der Waals surface area contributed by atoms with Gasteiger partial charge in [-0.1, -0.05) is 29.5 Å². The lowest BCUT2D eigenvalue weighted by Gasteiger charge is -2.32. The van der Waals surface area contributed by atoms with E-state index in [0.717, 1.165) is 48.3 Å². The molecule has 4 N–H and O–H groups in total. The number of rotatable bonds is 13. The molecule has 9 rings (SSSR count). The first-order valence-corrected chi connectivity index (χ1v) is 20.3. The lowest BCUT2D eigenvalue weighted by Crippen LogP contribution is -2.54. The van der Waals surface area contributed by atoms with Gasteiger partial charge in [0.1, 0.15) is 35.4 Å². The SMILES string of the molecule is Nc1ncnc2c1c(-c1ccc(Oc3ccccc3)cc1)nn2C1CCCN(C(=O)c2cn(CCCCCNc3cccc4c3C(=O)N(C3CCC(=O)NC3=O)C4=O)nn2)C1. The molecule has 3 aromatic heterocycles. The van der Waals surface area contributed by atoms with Gasteiger partial charge in [0, 0.05) is 43.9 Å². The van der Waals surface area contributed by atoms with Crippen molar-refractivity contribution < 1.29 is 28.7 Å². The van der Waals surface area contributed by atoms with Crippen LogP contribution in [0.15, 0.2) is 85.3 Å². The fraction of sp³-hybridized carbons (Fsp3) is 0.302. The number of imide groups is 2. The van der Waals surface area contributed by atoms with E-state index in [9.17, 15) is 24.0 Å². The minimum absolute atomic E-state index is 0.0587. The highest BCUT2D eigenvalue weighted by Gasteiger charge is 2.45. The Balaban J connectivity index is 0.787. The Bertz CT molecular complexity index is 2660. The minimum Gasteiger partial charge on any atom is -0.457 e. The first-order valence-electron chi connectivity index (χ1n) is 20.3. The maximum atomic E-state index is 13.7. The summed E-state index contributed by atoms with van der Waals surface area (Å²) in [5.41, 5.74) is 9.73. The molecule has 3 aliphatic heterocycles. The van der Waals surface area contributed by atoms with E-state index in [1.54, 1.807) is 34.0 Å². The molecule has 3 aromatic carbocycles. The van der Waals surface area contributed by atoms with Gasteiger partial charge in [0.15, 0.2) is 11.3 Å². The number of nitrogen functional groups attached to an aromatic ring is 1. The number of para-hydroxylation sites is 1. The second-order valence-electron chi connectivity index (χ2n) is 15.3. The number of nitrogens with zero attached hydrogens (tertiary/aromatic N) is 9. The van der Waals surface area contributed by atoms with Crippen LogP contribution in [0.2, 0.25) is 0 Å². The highest BCUT2D eigenvalue weighted by atomic mass is 16.5. The van der Waals surface area contributed by atoms with Crippen molar-refractivity contribution in [2.24, 2.45) is 0 Å². The topological polar surface area (TPSA) is 225 Å². The molecule has 2 unspecified atom stereocenters. The highest BCUT2D eigenvalue weighted by Crippen LogP contribution is 2.36. The van der Waals surface area contributed by atoms with E-state index < -0.39 is 29.7 Å². The van der Waals surface area contributed by atoms with E-state index in [-0.39, 0.29) is 41.6 Å². The largest absolute Gasteiger partial charge is 0.457 e. The van der Waals surface area contributed by atoms with Crippen molar-refractivity contribution in [3.8, 4) is 22.8 Å². The number of hydrogen-bond acceptors (Lipinski definition) is 13. The Morgan fingerprint density at radius 3 is 2.54 bits per heavy atom. The summed E-state index contributed by atoms with van der Waals surface area (Å²) in [6.45, 7) is 2.07. The lowest BCUT2D eigenvalue weighted by molar-refractivity contribution is -0.136. The Labute approximate surface area is 349 Å². The molecule has 0 radical (unpaired) electrons. The first kappa shape index (κ1) is 39.0. The summed E-state index contributed by atoms with van der Waals surface area (Å²) >= 11 is 0. The predicted octanol–water partition coefficient (Wildman–Crippen LogP) is 4.62. The fourth-order valence-corrected chi connectivity index (χ4v) is 8.22. The summed E-state index contributed by atoms with van der Waals surface area (Å²) in [5, 5.41) is 19.6. The number of unbranched alkanes of at least 4 members (excludes halogenated alkanes) is 2. The number of fused-ring (bicyclic) bond motifs is 2. The number of aryl methyl sites for hydroxylation is 1. The van der Waals surface area contributed by atoms with Crippen molar-refractivity contribution in [1.82, 2.24) is 49.9 Å². The Morgan fingerprint density at radius 2 is 1.72 bits per heavy atom. The van der Waals surface area contributed by atoms with Gasteiger partial charge in [0.05, 0.1) is 28.8 Å². The molecule has 0 spiro atoms. The number of nitrogens with one attached hydrogen (secondary N) is 2. The third kappa shape index (κ3) is 7.74. The van der Waals surface area contributed by atoms with Crippen LogP contribution in [0.25, 0.3) is 22.3 Å². The second-order valence-corrected chi connectivity index (χ2v) is 15.3. The molecule has 0 saturated carbocycles. The third-order valence-electron chi connectivity index (χ3n) is 11.3. The number of hydrogen-bond donors (Lipinski definition) is 3. The molecule has 2 fully saturated rings. The van der Waals surface area contributed by atoms with Crippen LogP contribution < -0.4 is 21.1 Å². The average molecular weight is 823 g/mol. The van der Waals surface area contributed by atoms with Gasteiger partial charge in [-0.3, -0.25) is 38.9 Å². The first-order chi connectivity index (χ1) is 29.7. The van der Waals surface area contributed by atoms with Crippen LogP contribution in [0.1, 0.15) is 82.2 Å². The molecule has 18 nitrogen and oxygen atoms in total. The van der Waals surface area contributed by atoms with Gasteiger partial charge >= 0.3 is 0 Å². The molecule has 0 bridgehead atoms. The molecule has 6 aromatic rings. The van der Waals surface area contributed by atoms with Crippen molar-refractivity contribution in [3.05, 3.63) is 102 Å². The van der Waals surface area contributed by atoms with Crippen LogP contribution in [-0.4, -0.2) is 99.8 Å². The zero-order valence-electron chi connectivity index (χ0n) is 33.1. The number of piperidine rings is 2. The smallest absolute Gasteiger partial charge is 0.276 e. The molecule has 5 amide bonds. The van der Waals surface area contributed by atoms with Crippen LogP contribution in [-0.2, 0) is 16.1 Å². The summed E-state index contributed by atoms with van der Waals surface area (Å²) in [6.07, 6.45) is 7.14. The van der Waals surface area contributed by atoms with Crippen molar-refractivity contribution >= 4 is 52.1 Å². The molecule has 310 valence electrons. The number of benzene rings is 3. The number of amides is 5. The third-order valence-corrected chi connectivity index (χ3v) is 11.3. The van der Waals surface area contributed by atoms with E-state index in [4.69, 9.17) is 15.6 Å². The van der Waals surface area contributed by atoms with E-state index >= 15 is 0 Å². The zero-order chi connectivity index (χ0) is 42.0. The Kier molecular flexibility index (Phi) is 10.6. The second kappa shape index (κ2) is 16.6. The predicted molar refractivity (Wildman–Crippen MR) is 221 cm³/mol. The fourth-order valence-electron chi connectivity index (χ4n) is 8.22.